The van der Waals surface area contributed by atoms with Gasteiger partial charge < -0.3 is 15.2 Å². The van der Waals surface area contributed by atoms with E-state index in [4.69, 9.17) is 0 Å². The van der Waals surface area contributed by atoms with Crippen molar-refractivity contribution in [3.05, 3.63) is 58.4 Å². The lowest BCUT2D eigenvalue weighted by molar-refractivity contribution is -0.122. The van der Waals surface area contributed by atoms with Crippen LogP contribution in [0.3, 0.4) is 0 Å². The van der Waals surface area contributed by atoms with Crippen LogP contribution in [0.1, 0.15) is 59.1 Å². The topological polar surface area (TPSA) is 65.2 Å². The normalized spacial score (nSPS) is 14.9. The predicted molar refractivity (Wildman–Crippen MR) is 111 cm³/mol. The van der Waals surface area contributed by atoms with Crippen molar-refractivity contribution in [2.24, 2.45) is 5.92 Å². The number of hydrogen-bond donors (Lipinski definition) is 2. The minimum Gasteiger partial charge on any atom is -0.354 e. The van der Waals surface area contributed by atoms with Crippen LogP contribution in [0, 0.1) is 19.8 Å². The van der Waals surface area contributed by atoms with Crippen LogP contribution in [0.4, 0.5) is 0 Å². The highest BCUT2D eigenvalue weighted by Crippen LogP contribution is 2.22. The second kappa shape index (κ2) is 9.09. The molecule has 150 valence electrons. The average Bonchev–Trinajstić information content (AvgIpc) is 3.05. The van der Waals surface area contributed by atoms with Crippen LogP contribution in [0.5, 0.6) is 0 Å². The van der Waals surface area contributed by atoms with Crippen molar-refractivity contribution in [1.82, 2.24) is 15.2 Å². The SMILES string of the molecule is CCc1ccc(CNC(=O)CC2CCN(C(=O)c3[nH]c(C)cc3C)CC2)cc1. The number of aromatic nitrogens is 1. The summed E-state index contributed by atoms with van der Waals surface area (Å²) >= 11 is 0. The quantitative estimate of drug-likeness (QED) is 0.800. The van der Waals surface area contributed by atoms with E-state index in [-0.39, 0.29) is 11.8 Å². The second-order valence-corrected chi connectivity index (χ2v) is 7.90. The zero-order chi connectivity index (χ0) is 20.1. The van der Waals surface area contributed by atoms with Crippen LogP contribution in [-0.2, 0) is 17.8 Å². The number of nitrogens with zero attached hydrogens (tertiary/aromatic N) is 1. The van der Waals surface area contributed by atoms with Gasteiger partial charge in [0, 0.05) is 31.7 Å². The van der Waals surface area contributed by atoms with Crippen LogP contribution >= 0.6 is 0 Å². The monoisotopic (exact) mass is 381 g/mol. The Bertz CT molecular complexity index is 815. The standard InChI is InChI=1S/C23H31N3O2/c1-4-18-5-7-20(8-6-18)15-24-21(27)14-19-9-11-26(12-10-19)23(28)22-16(2)13-17(3)25-22/h5-8,13,19,25H,4,9-12,14-15H2,1-3H3,(H,24,27). The molecule has 1 aliphatic rings. The number of aryl methyl sites for hydroxylation is 3. The van der Waals surface area contributed by atoms with Crippen LogP contribution in [0.2, 0.25) is 0 Å². The fourth-order valence-corrected chi connectivity index (χ4v) is 3.88. The van der Waals surface area contributed by atoms with E-state index in [9.17, 15) is 9.59 Å². The van der Waals surface area contributed by atoms with E-state index >= 15 is 0 Å². The van der Waals surface area contributed by atoms with E-state index in [1.54, 1.807) is 0 Å². The summed E-state index contributed by atoms with van der Waals surface area (Å²) in [6.45, 7) is 8.07. The number of carbonyl (C=O) groups excluding carboxylic acids is 2. The van der Waals surface area contributed by atoms with E-state index in [0.717, 1.165) is 36.1 Å². The first-order valence-electron chi connectivity index (χ1n) is 10.3. The first-order chi connectivity index (χ1) is 13.5. The maximum absolute atomic E-state index is 12.7. The van der Waals surface area contributed by atoms with E-state index < -0.39 is 0 Å². The number of piperidine rings is 1. The molecule has 1 aromatic heterocycles. The highest BCUT2D eigenvalue weighted by Gasteiger charge is 2.26. The molecule has 1 aromatic carbocycles. The summed E-state index contributed by atoms with van der Waals surface area (Å²) in [5.41, 5.74) is 5.14. The van der Waals surface area contributed by atoms with Crippen LogP contribution < -0.4 is 5.32 Å². The van der Waals surface area contributed by atoms with Gasteiger partial charge in [-0.3, -0.25) is 9.59 Å². The highest BCUT2D eigenvalue weighted by atomic mass is 16.2. The molecule has 0 unspecified atom stereocenters. The molecule has 28 heavy (non-hydrogen) atoms. The number of amides is 2. The van der Waals surface area contributed by atoms with Crippen LogP contribution in [-0.4, -0.2) is 34.8 Å². The van der Waals surface area contributed by atoms with Gasteiger partial charge in [0.2, 0.25) is 5.91 Å². The van der Waals surface area contributed by atoms with Crippen molar-refractivity contribution in [1.29, 1.82) is 0 Å². The number of hydrogen-bond acceptors (Lipinski definition) is 2. The van der Waals surface area contributed by atoms with E-state index in [0.29, 0.717) is 37.7 Å². The number of aromatic amines is 1. The molecule has 0 atom stereocenters. The molecule has 1 fully saturated rings. The van der Waals surface area contributed by atoms with Crippen LogP contribution in [0.25, 0.3) is 0 Å². The van der Waals surface area contributed by atoms with Crippen LogP contribution in [0.15, 0.2) is 30.3 Å². The predicted octanol–water partition coefficient (Wildman–Crippen LogP) is 3.75. The number of rotatable bonds is 6. The van der Waals surface area contributed by atoms with Gasteiger partial charge >= 0.3 is 0 Å². The van der Waals surface area contributed by atoms with Gasteiger partial charge in [-0.05, 0) is 61.8 Å². The zero-order valence-corrected chi connectivity index (χ0v) is 17.2. The summed E-state index contributed by atoms with van der Waals surface area (Å²) in [4.78, 5) is 30.1. The Balaban J connectivity index is 1.42. The summed E-state index contributed by atoms with van der Waals surface area (Å²) in [5, 5.41) is 3.03. The molecular formula is C23H31N3O2. The summed E-state index contributed by atoms with van der Waals surface area (Å²) in [7, 11) is 0. The molecule has 2 amide bonds. The second-order valence-electron chi connectivity index (χ2n) is 7.90. The maximum atomic E-state index is 12.7. The molecule has 5 heteroatoms. The maximum Gasteiger partial charge on any atom is 0.270 e. The Morgan fingerprint density at radius 1 is 1.11 bits per heavy atom. The van der Waals surface area contributed by atoms with Gasteiger partial charge in [-0.15, -0.1) is 0 Å². The minimum absolute atomic E-state index is 0.0732. The highest BCUT2D eigenvalue weighted by molar-refractivity contribution is 5.94. The Labute approximate surface area is 167 Å². The Morgan fingerprint density at radius 2 is 1.75 bits per heavy atom. The zero-order valence-electron chi connectivity index (χ0n) is 17.2. The molecular weight excluding hydrogens is 350 g/mol. The molecule has 0 bridgehead atoms. The molecule has 0 radical (unpaired) electrons. The Morgan fingerprint density at radius 3 is 2.32 bits per heavy atom. The van der Waals surface area contributed by atoms with Crippen molar-refractivity contribution in [2.45, 2.75) is 53.0 Å². The van der Waals surface area contributed by atoms with Crippen molar-refractivity contribution >= 4 is 11.8 Å². The van der Waals surface area contributed by atoms with Gasteiger partial charge in [0.1, 0.15) is 5.69 Å². The lowest BCUT2D eigenvalue weighted by Gasteiger charge is -2.31. The van der Waals surface area contributed by atoms with Gasteiger partial charge in [-0.1, -0.05) is 31.2 Å². The number of likely N-dealkylation sites (tertiary alicyclic amines) is 1. The van der Waals surface area contributed by atoms with Crippen molar-refractivity contribution < 1.29 is 9.59 Å². The number of carbonyl (C=O) groups is 2. The number of H-pyrrole nitrogens is 1. The fourth-order valence-electron chi connectivity index (χ4n) is 3.88. The van der Waals surface area contributed by atoms with E-state index in [1.807, 2.05) is 24.8 Å². The summed E-state index contributed by atoms with van der Waals surface area (Å²) in [5.74, 6) is 0.516. The summed E-state index contributed by atoms with van der Waals surface area (Å²) in [6.07, 6.45) is 3.32. The fraction of sp³-hybridized carbons (Fsp3) is 0.478. The van der Waals surface area contributed by atoms with Crippen molar-refractivity contribution in [3.63, 3.8) is 0 Å². The first kappa shape index (κ1) is 20.2. The van der Waals surface area contributed by atoms with Crippen molar-refractivity contribution in [2.75, 3.05) is 13.1 Å². The molecule has 1 aliphatic heterocycles. The number of nitrogens with one attached hydrogen (secondary N) is 2. The molecule has 2 N–H and O–H groups in total. The minimum atomic E-state index is 0.0732. The Kier molecular flexibility index (Phi) is 6.55. The Hall–Kier alpha value is -2.56. The van der Waals surface area contributed by atoms with Gasteiger partial charge in [0.25, 0.3) is 5.91 Å². The van der Waals surface area contributed by atoms with Gasteiger partial charge in [0.15, 0.2) is 0 Å². The van der Waals surface area contributed by atoms with Crippen molar-refractivity contribution in [3.8, 4) is 0 Å². The molecule has 5 nitrogen and oxygen atoms in total. The molecule has 3 rings (SSSR count). The summed E-state index contributed by atoms with van der Waals surface area (Å²) < 4.78 is 0. The number of benzene rings is 1. The van der Waals surface area contributed by atoms with E-state index in [1.165, 1.54) is 5.56 Å². The van der Waals surface area contributed by atoms with E-state index in [2.05, 4.69) is 41.5 Å². The van der Waals surface area contributed by atoms with Gasteiger partial charge in [0.05, 0.1) is 0 Å². The third-order valence-corrected chi connectivity index (χ3v) is 5.66. The lowest BCUT2D eigenvalue weighted by atomic mass is 9.93. The lowest BCUT2D eigenvalue weighted by Crippen LogP contribution is -2.40. The molecule has 0 saturated carbocycles. The molecule has 0 aliphatic carbocycles. The molecule has 2 heterocycles. The van der Waals surface area contributed by atoms with Gasteiger partial charge in [-0.25, -0.2) is 0 Å². The average molecular weight is 382 g/mol. The summed E-state index contributed by atoms with van der Waals surface area (Å²) in [6, 6.07) is 10.4. The molecule has 1 saturated heterocycles. The van der Waals surface area contributed by atoms with Gasteiger partial charge in [-0.2, -0.15) is 0 Å². The third kappa shape index (κ3) is 5.03. The first-order valence-corrected chi connectivity index (χ1v) is 10.3. The smallest absolute Gasteiger partial charge is 0.270 e. The largest absolute Gasteiger partial charge is 0.354 e. The molecule has 2 aromatic rings. The molecule has 0 spiro atoms. The third-order valence-electron chi connectivity index (χ3n) is 5.66.